The molecule has 0 aliphatic carbocycles. The second-order valence-electron chi connectivity index (χ2n) is 1.91. The van der Waals surface area contributed by atoms with Crippen LogP contribution in [0, 0.1) is 0 Å². The summed E-state index contributed by atoms with van der Waals surface area (Å²) >= 11 is 0. The van der Waals surface area contributed by atoms with Gasteiger partial charge in [0.1, 0.15) is 0 Å². The summed E-state index contributed by atoms with van der Waals surface area (Å²) in [4.78, 5) is 0. The van der Waals surface area contributed by atoms with Gasteiger partial charge in [0.05, 0.1) is 13.3 Å². The van der Waals surface area contributed by atoms with E-state index in [4.69, 9.17) is 0 Å². The van der Waals surface area contributed by atoms with Crippen molar-refractivity contribution >= 4 is 0 Å². The van der Waals surface area contributed by atoms with E-state index in [1.807, 2.05) is 0 Å². The molecule has 0 amide bonds. The van der Waals surface area contributed by atoms with Crippen molar-refractivity contribution in [2.75, 3.05) is 13.3 Å². The monoisotopic (exact) mass is 146 g/mol. The Morgan fingerprint density at radius 1 is 1.10 bits per heavy atom. The van der Waals surface area contributed by atoms with Crippen molar-refractivity contribution in [3.8, 4) is 0 Å². The quantitative estimate of drug-likeness (QED) is 0.227. The minimum Gasteiger partial charge on any atom is -0.226 e. The van der Waals surface area contributed by atoms with Crippen molar-refractivity contribution in [1.29, 1.82) is 0 Å². The molecule has 2 saturated heterocycles. The van der Waals surface area contributed by atoms with Crippen LogP contribution >= 0.6 is 0 Å². The highest BCUT2D eigenvalue weighted by molar-refractivity contribution is 4.48. The molecule has 2 heterocycles. The summed E-state index contributed by atoms with van der Waals surface area (Å²) in [5.74, 6) is 0. The van der Waals surface area contributed by atoms with E-state index in [1.165, 1.54) is 0 Å². The van der Waals surface area contributed by atoms with Crippen LogP contribution in [0.3, 0.4) is 0 Å². The van der Waals surface area contributed by atoms with Crippen LogP contribution in [0.25, 0.3) is 0 Å². The lowest BCUT2D eigenvalue weighted by molar-refractivity contribution is -0.111. The van der Waals surface area contributed by atoms with Gasteiger partial charge in [-0.25, -0.2) is 16.3 Å². The fourth-order valence-electron chi connectivity index (χ4n) is 0.793. The molecular weight excluding hydrogens is 136 g/mol. The van der Waals surface area contributed by atoms with Crippen LogP contribution in [-0.2, 0) is 0 Å². The largest absolute Gasteiger partial charge is 0.226 e. The molecular formula is C2H10N8. The normalized spacial score (nSPS) is 30.0. The molecule has 2 rings (SSSR count). The van der Waals surface area contributed by atoms with Gasteiger partial charge in [-0.05, 0) is 0 Å². The van der Waals surface area contributed by atoms with Crippen LogP contribution in [0.4, 0.5) is 0 Å². The molecule has 0 bridgehead atoms. The molecule has 0 atom stereocenters. The lowest BCUT2D eigenvalue weighted by atomic mass is 11.1. The van der Waals surface area contributed by atoms with E-state index in [2.05, 4.69) is 32.9 Å². The molecule has 0 spiro atoms. The predicted molar refractivity (Wildman–Crippen MR) is 32.2 cm³/mol. The summed E-state index contributed by atoms with van der Waals surface area (Å²) in [7, 11) is 0. The highest BCUT2D eigenvalue weighted by Crippen LogP contribution is 1.86. The maximum atomic E-state index is 2.99. The molecule has 0 unspecified atom stereocenters. The van der Waals surface area contributed by atoms with Crippen LogP contribution in [-0.4, -0.2) is 23.7 Å². The third-order valence-electron chi connectivity index (χ3n) is 1.25. The summed E-state index contributed by atoms with van der Waals surface area (Å²) in [6.07, 6.45) is 0. The van der Waals surface area contributed by atoms with Crippen molar-refractivity contribution in [3.05, 3.63) is 0 Å². The van der Waals surface area contributed by atoms with E-state index in [9.17, 15) is 0 Å². The summed E-state index contributed by atoms with van der Waals surface area (Å²) in [6.45, 7) is 1.39. The Morgan fingerprint density at radius 3 is 2.70 bits per heavy atom. The molecule has 6 N–H and O–H groups in total. The smallest absolute Gasteiger partial charge is 0.0966 e. The zero-order valence-corrected chi connectivity index (χ0v) is 5.31. The molecule has 0 aromatic heterocycles. The average molecular weight is 146 g/mol. The molecule has 0 aromatic carbocycles. The second-order valence-corrected chi connectivity index (χ2v) is 1.91. The Hall–Kier alpha value is -0.320. The second kappa shape index (κ2) is 2.74. The standard InChI is InChI=1S/C2H10N8/c1-3-7-10(5-1)9-2-4-6-8-9/h3-8H,1-2H2. The van der Waals surface area contributed by atoms with Gasteiger partial charge in [-0.1, -0.05) is 5.23 Å². The van der Waals surface area contributed by atoms with Gasteiger partial charge in [0.25, 0.3) is 0 Å². The van der Waals surface area contributed by atoms with Crippen LogP contribution in [0.5, 0.6) is 0 Å². The van der Waals surface area contributed by atoms with Gasteiger partial charge in [-0.3, -0.25) is 0 Å². The Bertz CT molecular complexity index is 87.8. The lowest BCUT2D eigenvalue weighted by Gasteiger charge is -2.22. The maximum absolute atomic E-state index is 2.99. The molecule has 0 radical (unpaired) electrons. The summed E-state index contributed by atoms with van der Waals surface area (Å²) in [5, 5.41) is 3.47. The van der Waals surface area contributed by atoms with Gasteiger partial charge in [0, 0.05) is 0 Å². The Morgan fingerprint density at radius 2 is 2.10 bits per heavy atom. The first-order chi connectivity index (χ1) is 4.97. The Labute approximate surface area is 57.7 Å². The minimum absolute atomic E-state index is 0.682. The van der Waals surface area contributed by atoms with E-state index < -0.39 is 0 Å². The number of rotatable bonds is 1. The highest BCUT2D eigenvalue weighted by Gasteiger charge is 2.20. The fourth-order valence-corrected chi connectivity index (χ4v) is 0.793. The van der Waals surface area contributed by atoms with E-state index in [-0.39, 0.29) is 0 Å². The number of hydrogen-bond acceptors (Lipinski definition) is 8. The van der Waals surface area contributed by atoms with Gasteiger partial charge < -0.3 is 0 Å². The molecule has 0 saturated carbocycles. The molecule has 10 heavy (non-hydrogen) atoms. The third kappa shape index (κ3) is 1.10. The Kier molecular flexibility index (Phi) is 1.75. The first-order valence-electron chi connectivity index (χ1n) is 3.00. The van der Waals surface area contributed by atoms with Crippen molar-refractivity contribution in [2.24, 2.45) is 0 Å². The first kappa shape index (κ1) is 6.39. The van der Waals surface area contributed by atoms with Gasteiger partial charge in [0.2, 0.25) is 0 Å². The van der Waals surface area contributed by atoms with Gasteiger partial charge >= 0.3 is 0 Å². The van der Waals surface area contributed by atoms with Gasteiger partial charge in [-0.15, -0.1) is 5.12 Å². The van der Waals surface area contributed by atoms with Crippen molar-refractivity contribution < 1.29 is 0 Å². The SMILES string of the molecule is C1NNN(N2CNNN2)N1. The van der Waals surface area contributed by atoms with Crippen molar-refractivity contribution in [2.45, 2.75) is 0 Å². The number of nitrogens with one attached hydrogen (secondary N) is 6. The molecule has 8 nitrogen and oxygen atoms in total. The topological polar surface area (TPSA) is 78.7 Å². The molecule has 2 fully saturated rings. The Balaban J connectivity index is 1.85. The lowest BCUT2D eigenvalue weighted by Crippen LogP contribution is -2.57. The average Bonchev–Trinajstić information content (AvgIpc) is 2.59. The van der Waals surface area contributed by atoms with Gasteiger partial charge in [0.15, 0.2) is 0 Å². The van der Waals surface area contributed by atoms with Crippen LogP contribution < -0.4 is 32.9 Å². The highest BCUT2D eigenvalue weighted by atomic mass is 16.2. The zero-order chi connectivity index (χ0) is 6.81. The molecule has 8 heteroatoms. The van der Waals surface area contributed by atoms with Crippen molar-refractivity contribution in [1.82, 2.24) is 43.2 Å². The van der Waals surface area contributed by atoms with E-state index >= 15 is 0 Å². The van der Waals surface area contributed by atoms with Crippen LogP contribution in [0.15, 0.2) is 0 Å². The number of hydrogen-bond donors (Lipinski definition) is 6. The fraction of sp³-hybridized carbons (Fsp3) is 1.00. The minimum atomic E-state index is 0.682. The van der Waals surface area contributed by atoms with Gasteiger partial charge in [-0.2, -0.15) is 16.6 Å². The number of nitrogens with zero attached hydrogens (tertiary/aromatic N) is 2. The predicted octanol–water partition coefficient (Wildman–Crippen LogP) is -3.52. The summed E-state index contributed by atoms with van der Waals surface area (Å²) in [6, 6.07) is 0. The molecule has 0 aromatic rings. The maximum Gasteiger partial charge on any atom is 0.0966 e. The molecule has 2 aliphatic rings. The zero-order valence-electron chi connectivity index (χ0n) is 5.31. The number of hydrazine groups is 7. The summed E-state index contributed by atoms with van der Waals surface area (Å²) < 4.78 is 0. The van der Waals surface area contributed by atoms with Crippen LogP contribution in [0.2, 0.25) is 0 Å². The third-order valence-corrected chi connectivity index (χ3v) is 1.25. The first-order valence-corrected chi connectivity index (χ1v) is 3.00. The van der Waals surface area contributed by atoms with Crippen molar-refractivity contribution in [3.63, 3.8) is 0 Å². The molecule has 58 valence electrons. The molecule has 2 aliphatic heterocycles. The van der Waals surface area contributed by atoms with E-state index in [0.717, 1.165) is 0 Å². The summed E-state index contributed by atoms with van der Waals surface area (Å²) in [5.41, 5.74) is 17.1. The van der Waals surface area contributed by atoms with Crippen LogP contribution in [0.1, 0.15) is 0 Å². The van der Waals surface area contributed by atoms with E-state index in [1.54, 1.807) is 10.3 Å². The van der Waals surface area contributed by atoms with E-state index in [0.29, 0.717) is 13.3 Å².